The predicted octanol–water partition coefficient (Wildman–Crippen LogP) is 2.41. The second-order valence-corrected chi connectivity index (χ2v) is 3.68. The van der Waals surface area contributed by atoms with E-state index in [4.69, 9.17) is 0 Å². The molecule has 1 unspecified atom stereocenters. The van der Waals surface area contributed by atoms with Crippen LogP contribution in [0.25, 0.3) is 0 Å². The van der Waals surface area contributed by atoms with Gasteiger partial charge < -0.3 is 4.90 Å². The largest absolute Gasteiger partial charge is 0.354 e. The zero-order valence-corrected chi connectivity index (χ0v) is 9.79. The van der Waals surface area contributed by atoms with Gasteiger partial charge in [0.15, 0.2) is 11.6 Å². The lowest BCUT2D eigenvalue weighted by atomic mass is 10.2. The van der Waals surface area contributed by atoms with Crippen molar-refractivity contribution in [3.05, 3.63) is 17.8 Å². The van der Waals surface area contributed by atoms with Gasteiger partial charge >= 0.3 is 0 Å². The van der Waals surface area contributed by atoms with Gasteiger partial charge in [0, 0.05) is 13.1 Å². The summed E-state index contributed by atoms with van der Waals surface area (Å²) < 4.78 is 13.9. The number of rotatable bonds is 4. The average molecular weight is 211 g/mol. The fourth-order valence-corrected chi connectivity index (χ4v) is 1.37. The molecule has 0 saturated carbocycles. The van der Waals surface area contributed by atoms with E-state index < -0.39 is 0 Å². The van der Waals surface area contributed by atoms with Gasteiger partial charge in [-0.2, -0.15) is 0 Å². The van der Waals surface area contributed by atoms with Crippen LogP contribution in [0.5, 0.6) is 0 Å². The third kappa shape index (κ3) is 2.43. The Hall–Kier alpha value is -1.19. The van der Waals surface area contributed by atoms with Crippen molar-refractivity contribution in [2.75, 3.05) is 11.9 Å². The number of hydrogen-bond acceptors (Lipinski definition) is 3. The molecule has 0 bridgehead atoms. The number of nitrogens with zero attached hydrogens (tertiary/aromatic N) is 3. The van der Waals surface area contributed by atoms with Gasteiger partial charge in [0.1, 0.15) is 6.33 Å². The lowest BCUT2D eigenvalue weighted by Crippen LogP contribution is -2.30. The van der Waals surface area contributed by atoms with Crippen molar-refractivity contribution in [3.63, 3.8) is 0 Å². The molecular weight excluding hydrogens is 193 g/mol. The van der Waals surface area contributed by atoms with E-state index in [9.17, 15) is 4.39 Å². The zero-order chi connectivity index (χ0) is 11.4. The van der Waals surface area contributed by atoms with Crippen LogP contribution < -0.4 is 4.90 Å². The summed E-state index contributed by atoms with van der Waals surface area (Å²) in [5.41, 5.74) is 0.482. The van der Waals surface area contributed by atoms with Crippen LogP contribution in [0.1, 0.15) is 32.9 Å². The normalized spacial score (nSPS) is 12.6. The third-order valence-electron chi connectivity index (χ3n) is 2.76. The minimum Gasteiger partial charge on any atom is -0.354 e. The van der Waals surface area contributed by atoms with E-state index in [1.807, 2.05) is 25.8 Å². The van der Waals surface area contributed by atoms with Crippen molar-refractivity contribution in [2.24, 2.45) is 0 Å². The first-order chi connectivity index (χ1) is 7.11. The van der Waals surface area contributed by atoms with Crippen molar-refractivity contribution in [1.82, 2.24) is 9.97 Å². The Kier molecular flexibility index (Phi) is 4.00. The quantitative estimate of drug-likeness (QED) is 0.765. The molecule has 15 heavy (non-hydrogen) atoms. The highest BCUT2D eigenvalue weighted by molar-refractivity contribution is 5.40. The molecule has 84 valence electrons. The van der Waals surface area contributed by atoms with Crippen molar-refractivity contribution < 1.29 is 4.39 Å². The molecule has 0 aliphatic rings. The predicted molar refractivity (Wildman–Crippen MR) is 59.5 cm³/mol. The number of hydrogen-bond donors (Lipinski definition) is 0. The van der Waals surface area contributed by atoms with E-state index >= 15 is 0 Å². The first kappa shape index (κ1) is 11.9. The van der Waals surface area contributed by atoms with E-state index in [1.165, 1.54) is 6.33 Å². The summed E-state index contributed by atoms with van der Waals surface area (Å²) in [4.78, 5) is 9.77. The maximum Gasteiger partial charge on any atom is 0.187 e. The molecule has 0 saturated heterocycles. The van der Waals surface area contributed by atoms with Gasteiger partial charge in [-0.15, -0.1) is 0 Å². The summed E-state index contributed by atoms with van der Waals surface area (Å²) in [6, 6.07) is 0.277. The molecule has 1 rings (SSSR count). The Bertz CT molecular complexity index is 328. The molecular formula is C11H18FN3. The maximum atomic E-state index is 13.9. The molecule has 4 heteroatoms. The molecule has 3 nitrogen and oxygen atoms in total. The van der Waals surface area contributed by atoms with Gasteiger partial charge in [-0.05, 0) is 19.8 Å². The molecule has 1 heterocycles. The Morgan fingerprint density at radius 1 is 1.40 bits per heavy atom. The number of anilines is 1. The van der Waals surface area contributed by atoms with Gasteiger partial charge in [0.25, 0.3) is 0 Å². The zero-order valence-electron chi connectivity index (χ0n) is 9.79. The lowest BCUT2D eigenvalue weighted by Gasteiger charge is -2.25. The van der Waals surface area contributed by atoms with E-state index in [0.29, 0.717) is 17.9 Å². The Morgan fingerprint density at radius 3 is 2.60 bits per heavy atom. The highest BCUT2D eigenvalue weighted by Crippen LogP contribution is 2.19. The molecule has 0 amide bonds. The molecule has 0 aliphatic heterocycles. The topological polar surface area (TPSA) is 29.0 Å². The standard InChI is InChI=1S/C11H18FN3/c1-5-8(3)15(4)11-10(12)9(6-2)13-7-14-11/h7-8H,5-6H2,1-4H3. The minimum atomic E-state index is -0.289. The molecule has 0 fully saturated rings. The highest BCUT2D eigenvalue weighted by atomic mass is 19.1. The molecule has 0 spiro atoms. The molecule has 1 aromatic heterocycles. The van der Waals surface area contributed by atoms with E-state index in [2.05, 4.69) is 16.9 Å². The number of halogens is 1. The second kappa shape index (κ2) is 5.05. The van der Waals surface area contributed by atoms with E-state index in [1.54, 1.807) is 0 Å². The van der Waals surface area contributed by atoms with Crippen LogP contribution in [-0.4, -0.2) is 23.1 Å². The molecule has 0 N–H and O–H groups in total. The summed E-state index contributed by atoms with van der Waals surface area (Å²) in [6.07, 6.45) is 2.98. The van der Waals surface area contributed by atoms with Crippen molar-refractivity contribution in [3.8, 4) is 0 Å². The SMILES string of the molecule is CCc1ncnc(N(C)C(C)CC)c1F. The average Bonchev–Trinajstić information content (AvgIpc) is 2.27. The van der Waals surface area contributed by atoms with Gasteiger partial charge in [0.05, 0.1) is 5.69 Å². The first-order valence-electron chi connectivity index (χ1n) is 5.33. The van der Waals surface area contributed by atoms with Gasteiger partial charge in [-0.3, -0.25) is 0 Å². The maximum absolute atomic E-state index is 13.9. The van der Waals surface area contributed by atoms with E-state index in [-0.39, 0.29) is 11.9 Å². The fourth-order valence-electron chi connectivity index (χ4n) is 1.37. The fraction of sp³-hybridized carbons (Fsp3) is 0.636. The van der Waals surface area contributed by atoms with Crippen molar-refractivity contribution >= 4 is 5.82 Å². The van der Waals surface area contributed by atoms with Crippen LogP contribution in [0.4, 0.5) is 10.2 Å². The third-order valence-corrected chi connectivity index (χ3v) is 2.76. The second-order valence-electron chi connectivity index (χ2n) is 3.68. The van der Waals surface area contributed by atoms with Gasteiger partial charge in [0.2, 0.25) is 0 Å². The molecule has 1 aromatic rings. The summed E-state index contributed by atoms with van der Waals surface area (Å²) in [5, 5.41) is 0. The van der Waals surface area contributed by atoms with Crippen LogP contribution in [0, 0.1) is 5.82 Å². The lowest BCUT2D eigenvalue weighted by molar-refractivity contribution is 0.569. The number of aryl methyl sites for hydroxylation is 1. The van der Waals surface area contributed by atoms with Crippen LogP contribution in [0.3, 0.4) is 0 Å². The monoisotopic (exact) mass is 211 g/mol. The first-order valence-corrected chi connectivity index (χ1v) is 5.33. The van der Waals surface area contributed by atoms with Crippen LogP contribution in [0.2, 0.25) is 0 Å². The molecule has 0 aliphatic carbocycles. The van der Waals surface area contributed by atoms with Crippen LogP contribution >= 0.6 is 0 Å². The van der Waals surface area contributed by atoms with Crippen molar-refractivity contribution in [1.29, 1.82) is 0 Å². The van der Waals surface area contributed by atoms with Crippen LogP contribution in [0.15, 0.2) is 6.33 Å². The molecule has 0 radical (unpaired) electrons. The smallest absolute Gasteiger partial charge is 0.187 e. The number of aromatic nitrogens is 2. The van der Waals surface area contributed by atoms with E-state index in [0.717, 1.165) is 6.42 Å². The summed E-state index contributed by atoms with van der Waals surface area (Å²) in [5.74, 6) is 0.110. The Morgan fingerprint density at radius 2 is 2.07 bits per heavy atom. The summed E-state index contributed by atoms with van der Waals surface area (Å²) in [7, 11) is 1.86. The van der Waals surface area contributed by atoms with Crippen LogP contribution in [-0.2, 0) is 6.42 Å². The van der Waals surface area contributed by atoms with Crippen molar-refractivity contribution in [2.45, 2.75) is 39.7 Å². The van der Waals surface area contributed by atoms with Gasteiger partial charge in [-0.1, -0.05) is 13.8 Å². The summed E-state index contributed by atoms with van der Waals surface area (Å²) in [6.45, 7) is 6.01. The molecule has 0 aromatic carbocycles. The summed E-state index contributed by atoms with van der Waals surface area (Å²) >= 11 is 0. The Balaban J connectivity index is 3.03. The minimum absolute atomic E-state index is 0.277. The highest BCUT2D eigenvalue weighted by Gasteiger charge is 2.16. The Labute approximate surface area is 90.4 Å². The van der Waals surface area contributed by atoms with Gasteiger partial charge in [-0.25, -0.2) is 14.4 Å². The molecule has 1 atom stereocenters.